The molecule has 2 aromatic rings. The van der Waals surface area contributed by atoms with Crippen molar-refractivity contribution in [1.29, 1.82) is 0 Å². The van der Waals surface area contributed by atoms with Gasteiger partial charge < -0.3 is 9.47 Å². The molecule has 0 aliphatic heterocycles. The van der Waals surface area contributed by atoms with Crippen LogP contribution in [-0.4, -0.2) is 36.3 Å². The molecule has 0 fully saturated rings. The van der Waals surface area contributed by atoms with E-state index in [0.717, 1.165) is 5.56 Å². The number of Topliss-reactive ketones (excluding diaryl/α,β-unsaturated/α-hetero) is 4. The van der Waals surface area contributed by atoms with Crippen molar-refractivity contribution in [3.63, 3.8) is 0 Å². The molecule has 0 saturated carbocycles. The average Bonchev–Trinajstić information content (AvgIpc) is 2.84. The summed E-state index contributed by atoms with van der Waals surface area (Å²) in [6.07, 6.45) is 0. The van der Waals surface area contributed by atoms with Gasteiger partial charge >= 0.3 is 0 Å². The molecular formula is C27H24Cl4O6. The maximum Gasteiger partial charge on any atom is 0.240 e. The third-order valence-electron chi connectivity index (χ3n) is 5.42. The van der Waals surface area contributed by atoms with E-state index < -0.39 is 41.8 Å². The molecule has 0 aliphatic rings. The highest BCUT2D eigenvalue weighted by Crippen LogP contribution is 2.51. The standard InChI is InChI=1S/C27H24Cl4O6/c1-13(2)24(34)17(32)11-36-16-9-7-15(8-10-16)27(5,6)19-20(28)22(30)26(23(31)21(19)29)37-12-18(33)25(35)14(3)4/h7-10H,1,3,11-12H2,2,4-6H3. The van der Waals surface area contributed by atoms with Gasteiger partial charge in [-0.15, -0.1) is 0 Å². The van der Waals surface area contributed by atoms with Crippen molar-refractivity contribution in [3.8, 4) is 11.5 Å². The van der Waals surface area contributed by atoms with E-state index in [1.807, 2.05) is 13.8 Å². The fraction of sp³-hybridized carbons (Fsp3) is 0.259. The van der Waals surface area contributed by atoms with Crippen LogP contribution in [-0.2, 0) is 24.6 Å². The third kappa shape index (κ3) is 6.82. The van der Waals surface area contributed by atoms with Crippen LogP contribution >= 0.6 is 46.4 Å². The second-order valence-electron chi connectivity index (χ2n) is 8.75. The Morgan fingerprint density at radius 3 is 1.54 bits per heavy atom. The van der Waals surface area contributed by atoms with E-state index in [0.29, 0.717) is 11.3 Å². The van der Waals surface area contributed by atoms with E-state index >= 15 is 0 Å². The molecule has 0 unspecified atom stereocenters. The van der Waals surface area contributed by atoms with E-state index in [1.165, 1.54) is 13.8 Å². The highest BCUT2D eigenvalue weighted by molar-refractivity contribution is 6.50. The third-order valence-corrected chi connectivity index (χ3v) is 7.09. The Morgan fingerprint density at radius 2 is 1.14 bits per heavy atom. The predicted molar refractivity (Wildman–Crippen MR) is 146 cm³/mol. The van der Waals surface area contributed by atoms with Crippen molar-refractivity contribution < 1.29 is 28.7 Å². The zero-order chi connectivity index (χ0) is 28.2. The number of halogens is 4. The van der Waals surface area contributed by atoms with Gasteiger partial charge in [-0.2, -0.15) is 0 Å². The topological polar surface area (TPSA) is 86.7 Å². The van der Waals surface area contributed by atoms with Crippen molar-refractivity contribution in [1.82, 2.24) is 0 Å². The van der Waals surface area contributed by atoms with Gasteiger partial charge in [-0.25, -0.2) is 0 Å². The predicted octanol–water partition coefficient (Wildman–Crippen LogP) is 6.81. The first-order valence-electron chi connectivity index (χ1n) is 10.8. The Morgan fingerprint density at radius 1 is 0.730 bits per heavy atom. The minimum Gasteiger partial charge on any atom is -0.485 e. The van der Waals surface area contributed by atoms with E-state index in [9.17, 15) is 19.2 Å². The minimum atomic E-state index is -0.829. The summed E-state index contributed by atoms with van der Waals surface area (Å²) in [7, 11) is 0. The van der Waals surface area contributed by atoms with Gasteiger partial charge in [0, 0.05) is 11.0 Å². The first-order chi connectivity index (χ1) is 17.1. The summed E-state index contributed by atoms with van der Waals surface area (Å²) in [6, 6.07) is 6.73. The van der Waals surface area contributed by atoms with Gasteiger partial charge in [0.1, 0.15) is 15.8 Å². The molecule has 0 amide bonds. The van der Waals surface area contributed by atoms with Gasteiger partial charge in [-0.3, -0.25) is 19.2 Å². The van der Waals surface area contributed by atoms with Crippen LogP contribution in [0.4, 0.5) is 0 Å². The summed E-state index contributed by atoms with van der Waals surface area (Å²) in [5.41, 5.74) is 0.535. The summed E-state index contributed by atoms with van der Waals surface area (Å²) < 4.78 is 10.8. The Balaban J connectivity index is 2.33. The Kier molecular flexibility index (Phi) is 10.1. The minimum absolute atomic E-state index is 0.0546. The zero-order valence-corrected chi connectivity index (χ0v) is 23.6. The molecular weight excluding hydrogens is 562 g/mol. The summed E-state index contributed by atoms with van der Waals surface area (Å²) in [6.45, 7) is 12.4. The maximum atomic E-state index is 12.0. The lowest BCUT2D eigenvalue weighted by Crippen LogP contribution is -2.23. The molecule has 37 heavy (non-hydrogen) atoms. The number of ketones is 4. The molecule has 0 aromatic heterocycles. The van der Waals surface area contributed by atoms with Gasteiger partial charge in [-0.1, -0.05) is 85.5 Å². The Bertz CT molecular complexity index is 1280. The van der Waals surface area contributed by atoms with Crippen LogP contribution in [0.1, 0.15) is 38.8 Å². The lowest BCUT2D eigenvalue weighted by Gasteiger charge is -2.30. The highest BCUT2D eigenvalue weighted by atomic mass is 35.5. The number of carbonyl (C=O) groups excluding carboxylic acids is 4. The largest absolute Gasteiger partial charge is 0.485 e. The number of benzene rings is 2. The van der Waals surface area contributed by atoms with Crippen LogP contribution in [0.2, 0.25) is 20.1 Å². The first kappa shape index (κ1) is 30.6. The molecule has 0 spiro atoms. The zero-order valence-electron chi connectivity index (χ0n) is 20.6. The van der Waals surface area contributed by atoms with Gasteiger partial charge in [0.25, 0.3) is 0 Å². The average molecular weight is 586 g/mol. The SMILES string of the molecule is C=C(C)C(=O)C(=O)COc1ccc(C(C)(C)c2c(Cl)c(Cl)c(OCC(=O)C(=O)C(=C)C)c(Cl)c2Cl)cc1. The normalized spacial score (nSPS) is 11.0. The van der Waals surface area contributed by atoms with Gasteiger partial charge in [-0.05, 0) is 42.7 Å². The van der Waals surface area contributed by atoms with E-state index in [1.54, 1.807) is 24.3 Å². The quantitative estimate of drug-likeness (QED) is 0.154. The number of carbonyl (C=O) groups is 4. The van der Waals surface area contributed by atoms with Gasteiger partial charge in [0.15, 0.2) is 19.0 Å². The summed E-state index contributed by atoms with van der Waals surface area (Å²) >= 11 is 26.1. The van der Waals surface area contributed by atoms with E-state index in [-0.39, 0.29) is 37.0 Å². The van der Waals surface area contributed by atoms with Crippen molar-refractivity contribution in [2.75, 3.05) is 13.2 Å². The fourth-order valence-corrected chi connectivity index (χ4v) is 4.71. The molecule has 196 valence electrons. The molecule has 0 atom stereocenters. The van der Waals surface area contributed by atoms with Crippen LogP contribution in [0.3, 0.4) is 0 Å². The number of ether oxygens (including phenoxy) is 2. The lowest BCUT2D eigenvalue weighted by molar-refractivity contribution is -0.135. The second kappa shape index (κ2) is 12.3. The molecule has 0 saturated heterocycles. The number of hydrogen-bond acceptors (Lipinski definition) is 6. The monoisotopic (exact) mass is 584 g/mol. The van der Waals surface area contributed by atoms with Gasteiger partial charge in [0.05, 0.1) is 10.0 Å². The molecule has 6 nitrogen and oxygen atoms in total. The molecule has 0 N–H and O–H groups in total. The fourth-order valence-electron chi connectivity index (χ4n) is 3.29. The molecule has 0 bridgehead atoms. The van der Waals surface area contributed by atoms with Crippen LogP contribution in [0.15, 0.2) is 48.6 Å². The number of allylic oxidation sites excluding steroid dienone is 2. The Labute approximate surface area is 235 Å². The van der Waals surface area contributed by atoms with Crippen LogP contribution in [0, 0.1) is 0 Å². The smallest absolute Gasteiger partial charge is 0.240 e. The lowest BCUT2D eigenvalue weighted by atomic mass is 9.78. The van der Waals surface area contributed by atoms with E-state index in [4.69, 9.17) is 55.9 Å². The summed E-state index contributed by atoms with van der Waals surface area (Å²) in [4.78, 5) is 47.3. The number of hydrogen-bond donors (Lipinski definition) is 0. The van der Waals surface area contributed by atoms with Crippen LogP contribution in [0.25, 0.3) is 0 Å². The molecule has 0 aliphatic carbocycles. The second-order valence-corrected chi connectivity index (χ2v) is 10.3. The molecule has 0 radical (unpaired) electrons. The van der Waals surface area contributed by atoms with Crippen molar-refractivity contribution in [2.24, 2.45) is 0 Å². The molecule has 10 heteroatoms. The molecule has 0 heterocycles. The van der Waals surface area contributed by atoms with Crippen LogP contribution < -0.4 is 9.47 Å². The Hall–Kier alpha value is -2.64. The van der Waals surface area contributed by atoms with Crippen molar-refractivity contribution >= 4 is 69.5 Å². The van der Waals surface area contributed by atoms with Gasteiger partial charge in [0.2, 0.25) is 23.1 Å². The van der Waals surface area contributed by atoms with Crippen molar-refractivity contribution in [2.45, 2.75) is 33.1 Å². The van der Waals surface area contributed by atoms with Crippen LogP contribution in [0.5, 0.6) is 11.5 Å². The maximum absolute atomic E-state index is 12.0. The summed E-state index contributed by atoms with van der Waals surface area (Å²) in [5, 5.41) is -0.0383. The van der Waals surface area contributed by atoms with Crippen molar-refractivity contribution in [3.05, 3.63) is 79.8 Å². The summed E-state index contributed by atoms with van der Waals surface area (Å²) in [5.74, 6) is -2.75. The molecule has 2 rings (SSSR count). The number of rotatable bonds is 12. The first-order valence-corrected chi connectivity index (χ1v) is 12.3. The van der Waals surface area contributed by atoms with E-state index in [2.05, 4.69) is 13.2 Å². The highest BCUT2D eigenvalue weighted by Gasteiger charge is 2.33. The molecule has 2 aromatic carbocycles.